The lowest BCUT2D eigenvalue weighted by Crippen LogP contribution is -2.28. The average molecular weight is 293 g/mol. The zero-order chi connectivity index (χ0) is 15.7. The molecule has 0 saturated heterocycles. The number of esters is 1. The van der Waals surface area contributed by atoms with Crippen LogP contribution in [-0.2, 0) is 9.53 Å². The lowest BCUT2D eigenvalue weighted by atomic mass is 10.0. The second-order valence-corrected chi connectivity index (χ2v) is 4.85. The third-order valence-corrected chi connectivity index (χ3v) is 3.34. The molecule has 1 aromatic rings. The first-order valence-electron chi connectivity index (χ1n) is 7.82. The fourth-order valence-electron chi connectivity index (χ4n) is 2.22. The highest BCUT2D eigenvalue weighted by Crippen LogP contribution is 2.21. The van der Waals surface area contributed by atoms with Crippen LogP contribution in [0.15, 0.2) is 24.3 Å². The molecule has 2 unspecified atom stereocenters. The van der Waals surface area contributed by atoms with Crippen molar-refractivity contribution in [2.24, 2.45) is 0 Å². The van der Waals surface area contributed by atoms with Gasteiger partial charge in [-0.2, -0.15) is 0 Å². The molecule has 0 bridgehead atoms. The average Bonchev–Trinajstić information content (AvgIpc) is 2.51. The highest BCUT2D eigenvalue weighted by Gasteiger charge is 2.19. The fourth-order valence-corrected chi connectivity index (χ4v) is 2.22. The van der Waals surface area contributed by atoms with Crippen molar-refractivity contribution in [1.82, 2.24) is 5.32 Å². The van der Waals surface area contributed by atoms with Crippen LogP contribution in [0.2, 0.25) is 0 Å². The highest BCUT2D eigenvalue weighted by atomic mass is 16.6. The van der Waals surface area contributed by atoms with Crippen molar-refractivity contribution in [1.29, 1.82) is 0 Å². The Morgan fingerprint density at radius 1 is 1.10 bits per heavy atom. The molecule has 0 heterocycles. The maximum atomic E-state index is 11.7. The third-order valence-electron chi connectivity index (χ3n) is 3.34. The molecular formula is C17H27NO3. The molecule has 1 rings (SSSR count). The molecular weight excluding hydrogens is 266 g/mol. The van der Waals surface area contributed by atoms with Crippen LogP contribution in [0.5, 0.6) is 5.75 Å². The van der Waals surface area contributed by atoms with Gasteiger partial charge in [0.25, 0.3) is 0 Å². The van der Waals surface area contributed by atoms with E-state index in [-0.39, 0.29) is 5.97 Å². The lowest BCUT2D eigenvalue weighted by Gasteiger charge is -2.18. The quantitative estimate of drug-likeness (QED) is 0.708. The van der Waals surface area contributed by atoms with E-state index in [0.29, 0.717) is 24.8 Å². The summed E-state index contributed by atoms with van der Waals surface area (Å²) in [6.45, 7) is 9.28. The van der Waals surface area contributed by atoms with Gasteiger partial charge in [0.15, 0.2) is 6.10 Å². The van der Waals surface area contributed by atoms with Crippen molar-refractivity contribution in [3.63, 3.8) is 0 Å². The van der Waals surface area contributed by atoms with Crippen LogP contribution in [0, 0.1) is 0 Å². The maximum absolute atomic E-state index is 11.7. The predicted molar refractivity (Wildman–Crippen MR) is 84.5 cm³/mol. The van der Waals surface area contributed by atoms with Gasteiger partial charge < -0.3 is 14.8 Å². The first kappa shape index (κ1) is 17.5. The Bertz CT molecular complexity index is 417. The summed E-state index contributed by atoms with van der Waals surface area (Å²) in [6.07, 6.45) is 1.09. The normalized spacial score (nSPS) is 13.5. The summed E-state index contributed by atoms with van der Waals surface area (Å²) >= 11 is 0. The monoisotopic (exact) mass is 293 g/mol. The van der Waals surface area contributed by atoms with Gasteiger partial charge in [-0.05, 0) is 44.0 Å². The Kier molecular flexibility index (Phi) is 7.83. The van der Waals surface area contributed by atoms with Crippen molar-refractivity contribution in [2.75, 3.05) is 13.2 Å². The molecule has 0 aliphatic rings. The first-order chi connectivity index (χ1) is 10.2. The van der Waals surface area contributed by atoms with Crippen LogP contribution >= 0.6 is 0 Å². The summed E-state index contributed by atoms with van der Waals surface area (Å²) in [5.41, 5.74) is 1.23. The standard InChI is InChI=1S/C17H27NO3/c1-5-15(18-7-3)13-9-11-14(12-10-13)21-16(6-2)17(19)20-8-4/h9-12,15-16,18H,5-8H2,1-4H3. The zero-order valence-corrected chi connectivity index (χ0v) is 13.5. The van der Waals surface area contributed by atoms with Gasteiger partial charge in [-0.3, -0.25) is 0 Å². The van der Waals surface area contributed by atoms with E-state index in [2.05, 4.69) is 19.2 Å². The smallest absolute Gasteiger partial charge is 0.347 e. The minimum Gasteiger partial charge on any atom is -0.479 e. The van der Waals surface area contributed by atoms with E-state index in [4.69, 9.17) is 9.47 Å². The number of nitrogens with one attached hydrogen (secondary N) is 1. The largest absolute Gasteiger partial charge is 0.479 e. The molecule has 2 atom stereocenters. The van der Waals surface area contributed by atoms with Gasteiger partial charge >= 0.3 is 5.97 Å². The van der Waals surface area contributed by atoms with Crippen LogP contribution in [-0.4, -0.2) is 25.2 Å². The zero-order valence-electron chi connectivity index (χ0n) is 13.5. The molecule has 0 amide bonds. The molecule has 1 aromatic carbocycles. The Morgan fingerprint density at radius 2 is 1.76 bits per heavy atom. The minimum absolute atomic E-state index is 0.303. The molecule has 0 spiro atoms. The van der Waals surface area contributed by atoms with Crippen molar-refractivity contribution in [2.45, 2.75) is 52.7 Å². The van der Waals surface area contributed by atoms with E-state index < -0.39 is 6.10 Å². The Morgan fingerprint density at radius 3 is 2.24 bits per heavy atom. The van der Waals surface area contributed by atoms with Crippen LogP contribution in [0.25, 0.3) is 0 Å². The van der Waals surface area contributed by atoms with Crippen LogP contribution < -0.4 is 10.1 Å². The van der Waals surface area contributed by atoms with Gasteiger partial charge in [0.2, 0.25) is 0 Å². The first-order valence-corrected chi connectivity index (χ1v) is 7.82. The number of hydrogen-bond acceptors (Lipinski definition) is 4. The maximum Gasteiger partial charge on any atom is 0.347 e. The molecule has 4 heteroatoms. The molecule has 21 heavy (non-hydrogen) atoms. The number of hydrogen-bond donors (Lipinski definition) is 1. The summed E-state index contributed by atoms with van der Waals surface area (Å²) in [5.74, 6) is 0.396. The van der Waals surface area contributed by atoms with E-state index in [1.807, 2.05) is 31.2 Å². The fraction of sp³-hybridized carbons (Fsp3) is 0.588. The van der Waals surface area contributed by atoms with Crippen LogP contribution in [0.4, 0.5) is 0 Å². The topological polar surface area (TPSA) is 47.6 Å². The summed E-state index contributed by atoms with van der Waals surface area (Å²) in [6, 6.07) is 8.28. The van der Waals surface area contributed by atoms with E-state index in [0.717, 1.165) is 13.0 Å². The van der Waals surface area contributed by atoms with Crippen LogP contribution in [0.1, 0.15) is 52.1 Å². The van der Waals surface area contributed by atoms with Gasteiger partial charge in [-0.15, -0.1) is 0 Å². The summed E-state index contributed by atoms with van der Waals surface area (Å²) in [4.78, 5) is 11.7. The second-order valence-electron chi connectivity index (χ2n) is 4.85. The van der Waals surface area contributed by atoms with E-state index in [1.165, 1.54) is 5.56 Å². The number of rotatable bonds is 9. The van der Waals surface area contributed by atoms with Crippen molar-refractivity contribution >= 4 is 5.97 Å². The van der Waals surface area contributed by atoms with Gasteiger partial charge in [-0.1, -0.05) is 32.9 Å². The van der Waals surface area contributed by atoms with Crippen molar-refractivity contribution < 1.29 is 14.3 Å². The second kappa shape index (κ2) is 9.40. The van der Waals surface area contributed by atoms with Crippen LogP contribution in [0.3, 0.4) is 0 Å². The Labute approximate surface area is 127 Å². The molecule has 0 saturated carbocycles. The third kappa shape index (κ3) is 5.38. The number of ether oxygens (including phenoxy) is 2. The lowest BCUT2D eigenvalue weighted by molar-refractivity contribution is -0.151. The molecule has 0 fully saturated rings. The molecule has 0 aliphatic heterocycles. The van der Waals surface area contributed by atoms with Gasteiger partial charge in [-0.25, -0.2) is 4.79 Å². The summed E-state index contributed by atoms with van der Waals surface area (Å²) < 4.78 is 10.7. The van der Waals surface area contributed by atoms with Gasteiger partial charge in [0.1, 0.15) is 5.75 Å². The minimum atomic E-state index is -0.536. The SMILES string of the molecule is CCNC(CC)c1ccc(OC(CC)C(=O)OCC)cc1. The van der Waals surface area contributed by atoms with E-state index in [9.17, 15) is 4.79 Å². The number of carbonyl (C=O) groups is 1. The van der Waals surface area contributed by atoms with E-state index >= 15 is 0 Å². The number of carbonyl (C=O) groups excluding carboxylic acids is 1. The Balaban J connectivity index is 2.70. The van der Waals surface area contributed by atoms with Crippen molar-refractivity contribution in [3.05, 3.63) is 29.8 Å². The molecule has 4 nitrogen and oxygen atoms in total. The molecule has 0 aromatic heterocycles. The number of benzene rings is 1. The predicted octanol–water partition coefficient (Wildman–Crippen LogP) is 3.47. The molecule has 0 aliphatic carbocycles. The highest BCUT2D eigenvalue weighted by molar-refractivity contribution is 5.75. The van der Waals surface area contributed by atoms with Crippen molar-refractivity contribution in [3.8, 4) is 5.75 Å². The summed E-state index contributed by atoms with van der Waals surface area (Å²) in [7, 11) is 0. The summed E-state index contributed by atoms with van der Waals surface area (Å²) in [5, 5.41) is 3.44. The molecule has 1 N–H and O–H groups in total. The van der Waals surface area contributed by atoms with E-state index in [1.54, 1.807) is 6.92 Å². The molecule has 0 radical (unpaired) electrons. The van der Waals surface area contributed by atoms with Gasteiger partial charge in [0.05, 0.1) is 6.61 Å². The Hall–Kier alpha value is -1.55. The van der Waals surface area contributed by atoms with Gasteiger partial charge in [0, 0.05) is 6.04 Å². The molecule has 118 valence electrons.